The van der Waals surface area contributed by atoms with E-state index < -0.39 is 0 Å². The fraction of sp³-hybridized carbons (Fsp3) is 1.00. The molecule has 0 aliphatic carbocycles. The van der Waals surface area contributed by atoms with Gasteiger partial charge >= 0.3 is 0 Å². The monoisotopic (exact) mass is 212 g/mol. The highest BCUT2D eigenvalue weighted by atomic mass is 16.5. The Morgan fingerprint density at radius 1 is 1.20 bits per heavy atom. The predicted octanol–water partition coefficient (Wildman–Crippen LogP) is 1.10. The molecule has 0 bridgehead atoms. The molecule has 1 N–H and O–H groups in total. The summed E-state index contributed by atoms with van der Waals surface area (Å²) in [6.45, 7) is 10.3. The molecule has 2 heterocycles. The minimum atomic E-state index is 0.551. The third-order valence-electron chi connectivity index (χ3n) is 4.07. The summed E-state index contributed by atoms with van der Waals surface area (Å²) < 4.78 is 5.48. The van der Waals surface area contributed by atoms with Crippen molar-refractivity contribution in [2.75, 3.05) is 45.9 Å². The van der Waals surface area contributed by atoms with E-state index in [2.05, 4.69) is 17.1 Å². The minimum absolute atomic E-state index is 0.551. The Morgan fingerprint density at radius 2 is 1.87 bits per heavy atom. The zero-order chi connectivity index (χ0) is 10.6. The van der Waals surface area contributed by atoms with Gasteiger partial charge < -0.3 is 15.0 Å². The molecule has 0 spiro atoms. The molecule has 0 unspecified atom stereocenters. The van der Waals surface area contributed by atoms with Gasteiger partial charge in [-0.15, -0.1) is 0 Å². The Labute approximate surface area is 93.2 Å². The zero-order valence-electron chi connectivity index (χ0n) is 9.93. The lowest BCUT2D eigenvalue weighted by molar-refractivity contribution is -0.00857. The molecule has 0 saturated carbocycles. The van der Waals surface area contributed by atoms with Gasteiger partial charge in [0.05, 0.1) is 0 Å². The lowest BCUT2D eigenvalue weighted by Gasteiger charge is -2.41. The van der Waals surface area contributed by atoms with E-state index in [4.69, 9.17) is 4.74 Å². The van der Waals surface area contributed by atoms with E-state index in [-0.39, 0.29) is 0 Å². The van der Waals surface area contributed by atoms with Crippen molar-refractivity contribution in [1.29, 1.82) is 0 Å². The number of nitrogens with one attached hydrogen (secondary N) is 1. The fourth-order valence-corrected chi connectivity index (χ4v) is 2.77. The minimum Gasteiger partial charge on any atom is -0.381 e. The molecule has 15 heavy (non-hydrogen) atoms. The van der Waals surface area contributed by atoms with Crippen molar-refractivity contribution in [3.8, 4) is 0 Å². The fourth-order valence-electron chi connectivity index (χ4n) is 2.77. The van der Waals surface area contributed by atoms with Crippen LogP contribution in [-0.2, 0) is 4.74 Å². The highest BCUT2D eigenvalue weighted by Crippen LogP contribution is 2.34. The molecule has 0 aromatic rings. The average Bonchev–Trinajstić information content (AvgIpc) is 2.32. The van der Waals surface area contributed by atoms with Crippen LogP contribution in [0.25, 0.3) is 0 Å². The molecule has 2 saturated heterocycles. The van der Waals surface area contributed by atoms with Crippen molar-refractivity contribution >= 4 is 0 Å². The summed E-state index contributed by atoms with van der Waals surface area (Å²) in [6, 6.07) is 0. The molecule has 2 rings (SSSR count). The Balaban J connectivity index is 1.87. The van der Waals surface area contributed by atoms with Crippen LogP contribution in [0.3, 0.4) is 0 Å². The van der Waals surface area contributed by atoms with Gasteiger partial charge in [0.25, 0.3) is 0 Å². The maximum atomic E-state index is 5.48. The van der Waals surface area contributed by atoms with E-state index in [0.717, 1.165) is 26.3 Å². The maximum Gasteiger partial charge on any atom is 0.0471 e. The molecule has 0 aromatic carbocycles. The van der Waals surface area contributed by atoms with Gasteiger partial charge in [0.2, 0.25) is 0 Å². The molecule has 3 nitrogen and oxygen atoms in total. The first-order valence-corrected chi connectivity index (χ1v) is 6.35. The Kier molecular flexibility index (Phi) is 4.00. The number of piperazine rings is 1. The van der Waals surface area contributed by atoms with Crippen LogP contribution < -0.4 is 5.32 Å². The summed E-state index contributed by atoms with van der Waals surface area (Å²) in [5, 5.41) is 3.42. The van der Waals surface area contributed by atoms with E-state index >= 15 is 0 Å². The summed E-state index contributed by atoms with van der Waals surface area (Å²) >= 11 is 0. The van der Waals surface area contributed by atoms with Crippen LogP contribution in [0.15, 0.2) is 0 Å². The molecule has 3 heteroatoms. The summed E-state index contributed by atoms with van der Waals surface area (Å²) in [6.07, 6.45) is 3.82. The molecule has 0 radical (unpaired) electrons. The third kappa shape index (κ3) is 2.92. The van der Waals surface area contributed by atoms with Crippen LogP contribution in [0.2, 0.25) is 0 Å². The first-order chi connectivity index (χ1) is 7.35. The summed E-state index contributed by atoms with van der Waals surface area (Å²) in [5.74, 6) is 0. The molecule has 2 fully saturated rings. The largest absolute Gasteiger partial charge is 0.381 e. The van der Waals surface area contributed by atoms with Gasteiger partial charge in [-0.3, -0.25) is 0 Å². The van der Waals surface area contributed by atoms with Gasteiger partial charge in [-0.1, -0.05) is 6.92 Å². The van der Waals surface area contributed by atoms with Gasteiger partial charge in [-0.25, -0.2) is 0 Å². The zero-order valence-corrected chi connectivity index (χ0v) is 9.93. The topological polar surface area (TPSA) is 24.5 Å². The van der Waals surface area contributed by atoms with Crippen LogP contribution in [0.4, 0.5) is 0 Å². The summed E-state index contributed by atoms with van der Waals surface area (Å²) in [5.41, 5.74) is 0.551. The first kappa shape index (κ1) is 11.4. The Bertz CT molecular complexity index is 184. The highest BCUT2D eigenvalue weighted by molar-refractivity contribution is 4.85. The van der Waals surface area contributed by atoms with E-state index in [1.807, 2.05) is 0 Å². The van der Waals surface area contributed by atoms with Crippen molar-refractivity contribution < 1.29 is 4.74 Å². The Morgan fingerprint density at radius 3 is 2.47 bits per heavy atom. The molecule has 0 aromatic heterocycles. The highest BCUT2D eigenvalue weighted by Gasteiger charge is 2.32. The van der Waals surface area contributed by atoms with Crippen LogP contribution in [0.1, 0.15) is 26.2 Å². The van der Waals surface area contributed by atoms with Crippen LogP contribution in [0, 0.1) is 5.41 Å². The smallest absolute Gasteiger partial charge is 0.0471 e. The van der Waals surface area contributed by atoms with E-state index in [1.54, 1.807) is 0 Å². The second kappa shape index (κ2) is 5.28. The van der Waals surface area contributed by atoms with Crippen molar-refractivity contribution in [1.82, 2.24) is 10.2 Å². The number of rotatable bonds is 3. The van der Waals surface area contributed by atoms with Gasteiger partial charge in [-0.05, 0) is 24.7 Å². The average molecular weight is 212 g/mol. The molecule has 2 aliphatic rings. The molecular weight excluding hydrogens is 188 g/mol. The molecular formula is C12H24N2O. The van der Waals surface area contributed by atoms with Crippen molar-refractivity contribution in [3.05, 3.63) is 0 Å². The van der Waals surface area contributed by atoms with E-state index in [1.165, 1.54) is 38.9 Å². The van der Waals surface area contributed by atoms with Gasteiger partial charge in [0.1, 0.15) is 0 Å². The quantitative estimate of drug-likeness (QED) is 0.758. The van der Waals surface area contributed by atoms with Gasteiger partial charge in [-0.2, -0.15) is 0 Å². The third-order valence-corrected chi connectivity index (χ3v) is 4.07. The van der Waals surface area contributed by atoms with E-state index in [9.17, 15) is 0 Å². The number of ether oxygens (including phenoxy) is 1. The predicted molar refractivity (Wildman–Crippen MR) is 62.1 cm³/mol. The molecule has 88 valence electrons. The second-order valence-electron chi connectivity index (χ2n) is 4.99. The standard InChI is InChI=1S/C12H24N2O/c1-2-12(3-9-15-10-4-12)11-14-7-5-13-6-8-14/h13H,2-11H2,1H3. The van der Waals surface area contributed by atoms with Crippen molar-refractivity contribution in [2.45, 2.75) is 26.2 Å². The van der Waals surface area contributed by atoms with Crippen LogP contribution in [-0.4, -0.2) is 50.8 Å². The Hall–Kier alpha value is -0.120. The van der Waals surface area contributed by atoms with Gasteiger partial charge in [0.15, 0.2) is 0 Å². The van der Waals surface area contributed by atoms with Crippen LogP contribution in [0.5, 0.6) is 0 Å². The number of nitrogens with zero attached hydrogens (tertiary/aromatic N) is 1. The SMILES string of the molecule is CCC1(CN2CCNCC2)CCOCC1. The molecule has 0 amide bonds. The molecule has 0 atom stereocenters. The van der Waals surface area contributed by atoms with Crippen LogP contribution >= 0.6 is 0 Å². The lowest BCUT2D eigenvalue weighted by Crippen LogP contribution is -2.49. The first-order valence-electron chi connectivity index (χ1n) is 6.35. The van der Waals surface area contributed by atoms with Crippen molar-refractivity contribution in [2.24, 2.45) is 5.41 Å². The molecule has 2 aliphatic heterocycles. The number of hydrogen-bond donors (Lipinski definition) is 1. The summed E-state index contributed by atoms with van der Waals surface area (Å²) in [4.78, 5) is 2.63. The second-order valence-corrected chi connectivity index (χ2v) is 4.99. The van der Waals surface area contributed by atoms with E-state index in [0.29, 0.717) is 5.41 Å². The normalized spacial score (nSPS) is 27.8. The van der Waals surface area contributed by atoms with Crippen molar-refractivity contribution in [3.63, 3.8) is 0 Å². The number of hydrogen-bond acceptors (Lipinski definition) is 3. The summed E-state index contributed by atoms with van der Waals surface area (Å²) in [7, 11) is 0. The lowest BCUT2D eigenvalue weighted by atomic mass is 9.77. The maximum absolute atomic E-state index is 5.48. The van der Waals surface area contributed by atoms with Gasteiger partial charge in [0, 0.05) is 45.9 Å².